The molecule has 0 aromatic carbocycles. The Morgan fingerprint density at radius 3 is 1.53 bits per heavy atom. The van der Waals surface area contributed by atoms with Gasteiger partial charge in [-0.25, -0.2) is 11.0 Å². The molecular formula is C10H25N2O4P. The van der Waals surface area contributed by atoms with Crippen LogP contribution in [0.15, 0.2) is 0 Å². The Bertz CT molecular complexity index is 265. The van der Waals surface area contributed by atoms with Crippen molar-refractivity contribution in [2.75, 3.05) is 14.1 Å². The molecule has 0 bridgehead atoms. The Labute approximate surface area is 103 Å². The molecule has 0 aromatic heterocycles. The molecule has 0 saturated carbocycles. The van der Waals surface area contributed by atoms with Crippen molar-refractivity contribution < 1.29 is 19.1 Å². The first-order chi connectivity index (χ1) is 7.74. The van der Waals surface area contributed by atoms with Crippen LogP contribution in [0.5, 0.6) is 0 Å². The van der Waals surface area contributed by atoms with Gasteiger partial charge in [0.15, 0.2) is 10.7 Å². The summed E-state index contributed by atoms with van der Waals surface area (Å²) in [6, 6.07) is 0. The largest absolute Gasteiger partial charge is 0.340 e. The quantitative estimate of drug-likeness (QED) is 0.460. The van der Waals surface area contributed by atoms with E-state index in [2.05, 4.69) is 11.0 Å². The van der Waals surface area contributed by atoms with Crippen LogP contribution in [0.1, 0.15) is 40.5 Å². The van der Waals surface area contributed by atoms with E-state index in [1.54, 1.807) is 41.8 Å². The van der Waals surface area contributed by atoms with Crippen LogP contribution in [0.3, 0.4) is 0 Å². The lowest BCUT2D eigenvalue weighted by molar-refractivity contribution is -0.0747. The fraction of sp³-hybridized carbons (Fsp3) is 1.00. The summed E-state index contributed by atoms with van der Waals surface area (Å²) in [7, 11) is -0.608. The molecule has 0 aliphatic rings. The van der Waals surface area contributed by atoms with Crippen molar-refractivity contribution in [3.05, 3.63) is 0 Å². The minimum atomic E-state index is -3.74. The zero-order valence-electron chi connectivity index (χ0n) is 11.5. The van der Waals surface area contributed by atoms with Crippen LogP contribution in [-0.2, 0) is 14.2 Å². The maximum atomic E-state index is 12.7. The maximum Gasteiger partial charge on any atom is 0.265 e. The Morgan fingerprint density at radius 2 is 1.35 bits per heavy atom. The highest BCUT2D eigenvalue weighted by atomic mass is 31.2. The second-order valence-corrected chi connectivity index (χ2v) is 7.29. The van der Waals surface area contributed by atoms with Gasteiger partial charge in [0.05, 0.1) is 0 Å². The Hall–Kier alpha value is 0.0300. The van der Waals surface area contributed by atoms with Crippen LogP contribution in [0.4, 0.5) is 0 Å². The molecule has 0 aliphatic carbocycles. The topological polar surface area (TPSA) is 79.8 Å². The van der Waals surface area contributed by atoms with E-state index < -0.39 is 18.1 Å². The standard InChI is InChI=1S/C10H25N2O4P/c1-7-9(3,15-11-5)17(13,14)10(4,8-2)16-12-6/h11-12H,7-8H2,1-6H3,(H,13,14). The molecule has 7 heteroatoms. The molecular weight excluding hydrogens is 243 g/mol. The van der Waals surface area contributed by atoms with Crippen molar-refractivity contribution in [1.29, 1.82) is 0 Å². The third-order valence-corrected chi connectivity index (χ3v) is 6.62. The first kappa shape index (κ1) is 17.0. The summed E-state index contributed by atoms with van der Waals surface area (Å²) in [6.07, 6.45) is 0.786. The average Bonchev–Trinajstić information content (AvgIpc) is 2.28. The highest BCUT2D eigenvalue weighted by molar-refractivity contribution is 7.60. The molecule has 6 nitrogen and oxygen atoms in total. The van der Waals surface area contributed by atoms with E-state index in [4.69, 9.17) is 9.68 Å². The second kappa shape index (κ2) is 6.27. The smallest absolute Gasteiger partial charge is 0.265 e. The van der Waals surface area contributed by atoms with Gasteiger partial charge < -0.3 is 4.89 Å². The Kier molecular flexibility index (Phi) is 6.28. The Morgan fingerprint density at radius 1 is 1.06 bits per heavy atom. The first-order valence-electron chi connectivity index (χ1n) is 5.77. The molecule has 0 aromatic rings. The van der Waals surface area contributed by atoms with Gasteiger partial charge in [-0.1, -0.05) is 13.8 Å². The maximum absolute atomic E-state index is 12.7. The van der Waals surface area contributed by atoms with Crippen LogP contribution in [0.2, 0.25) is 0 Å². The minimum Gasteiger partial charge on any atom is -0.340 e. The van der Waals surface area contributed by atoms with Gasteiger partial charge in [0, 0.05) is 14.1 Å². The fourth-order valence-electron chi connectivity index (χ4n) is 1.64. The second-order valence-electron chi connectivity index (χ2n) is 4.25. The predicted molar refractivity (Wildman–Crippen MR) is 67.5 cm³/mol. The number of hydrogen-bond donors (Lipinski definition) is 3. The molecule has 0 spiro atoms. The summed E-state index contributed by atoms with van der Waals surface area (Å²) in [4.78, 5) is 21.0. The van der Waals surface area contributed by atoms with Crippen molar-refractivity contribution in [2.45, 2.75) is 51.2 Å². The summed E-state index contributed by atoms with van der Waals surface area (Å²) in [5, 5.41) is -2.38. The summed E-state index contributed by atoms with van der Waals surface area (Å²) in [5.74, 6) is 0. The van der Waals surface area contributed by atoms with E-state index in [0.717, 1.165) is 0 Å². The van der Waals surface area contributed by atoms with Crippen LogP contribution < -0.4 is 11.0 Å². The summed E-state index contributed by atoms with van der Waals surface area (Å²) in [5.41, 5.74) is 4.99. The lowest BCUT2D eigenvalue weighted by Gasteiger charge is -2.41. The minimum absolute atomic E-state index is 0.393. The van der Waals surface area contributed by atoms with Crippen LogP contribution >= 0.6 is 7.37 Å². The average molecular weight is 268 g/mol. The molecule has 0 heterocycles. The van der Waals surface area contributed by atoms with Gasteiger partial charge >= 0.3 is 0 Å². The van der Waals surface area contributed by atoms with Crippen molar-refractivity contribution in [1.82, 2.24) is 11.0 Å². The van der Waals surface area contributed by atoms with Crippen molar-refractivity contribution in [3.63, 3.8) is 0 Å². The van der Waals surface area contributed by atoms with E-state index in [0.29, 0.717) is 12.8 Å². The molecule has 0 fully saturated rings. The van der Waals surface area contributed by atoms with E-state index in [1.165, 1.54) is 0 Å². The molecule has 0 rings (SSSR count). The highest BCUT2D eigenvalue weighted by Gasteiger charge is 2.56. The van der Waals surface area contributed by atoms with E-state index >= 15 is 0 Å². The lowest BCUT2D eigenvalue weighted by Crippen LogP contribution is -2.44. The van der Waals surface area contributed by atoms with Crippen LogP contribution in [0.25, 0.3) is 0 Å². The molecule has 0 radical (unpaired) electrons. The molecule has 3 N–H and O–H groups in total. The normalized spacial score (nSPS) is 22.5. The number of hydrogen-bond acceptors (Lipinski definition) is 5. The molecule has 0 amide bonds. The van der Waals surface area contributed by atoms with Crippen LogP contribution in [0, 0.1) is 0 Å². The van der Waals surface area contributed by atoms with Gasteiger partial charge in [-0.15, -0.1) is 0 Å². The third-order valence-electron chi connectivity index (χ3n) is 3.24. The molecule has 2 unspecified atom stereocenters. The molecule has 0 saturated heterocycles. The number of nitrogens with one attached hydrogen (secondary N) is 2. The number of rotatable bonds is 8. The van der Waals surface area contributed by atoms with Gasteiger partial charge in [0.1, 0.15) is 0 Å². The van der Waals surface area contributed by atoms with Crippen molar-refractivity contribution in [2.24, 2.45) is 0 Å². The monoisotopic (exact) mass is 268 g/mol. The van der Waals surface area contributed by atoms with Gasteiger partial charge in [-0.2, -0.15) is 0 Å². The van der Waals surface area contributed by atoms with Gasteiger partial charge in [0.2, 0.25) is 0 Å². The molecule has 17 heavy (non-hydrogen) atoms. The SMILES string of the molecule is CCC(C)(ONC)P(=O)(O)C(C)(CC)ONC. The molecule has 104 valence electrons. The number of hydroxylamine groups is 2. The summed E-state index contributed by atoms with van der Waals surface area (Å²) >= 11 is 0. The zero-order valence-corrected chi connectivity index (χ0v) is 12.4. The van der Waals surface area contributed by atoms with Crippen molar-refractivity contribution in [3.8, 4) is 0 Å². The van der Waals surface area contributed by atoms with Crippen LogP contribution in [-0.4, -0.2) is 29.7 Å². The third kappa shape index (κ3) is 3.08. The molecule has 2 atom stereocenters. The lowest BCUT2D eigenvalue weighted by atomic mass is 10.3. The van der Waals surface area contributed by atoms with E-state index in [1.807, 2.05) is 0 Å². The first-order valence-corrected chi connectivity index (χ1v) is 7.43. The Balaban J connectivity index is 5.39. The summed E-state index contributed by atoms with van der Waals surface area (Å²) < 4.78 is 12.7. The van der Waals surface area contributed by atoms with Crippen molar-refractivity contribution >= 4 is 7.37 Å². The van der Waals surface area contributed by atoms with Gasteiger partial charge in [-0.3, -0.25) is 14.2 Å². The summed E-state index contributed by atoms with van der Waals surface area (Å²) in [6.45, 7) is 6.82. The van der Waals surface area contributed by atoms with E-state index in [9.17, 15) is 9.46 Å². The van der Waals surface area contributed by atoms with Gasteiger partial charge in [0.25, 0.3) is 7.37 Å². The molecule has 0 aliphatic heterocycles. The van der Waals surface area contributed by atoms with Gasteiger partial charge in [-0.05, 0) is 26.7 Å². The zero-order chi connectivity index (χ0) is 13.7. The highest BCUT2D eigenvalue weighted by Crippen LogP contribution is 2.66. The predicted octanol–water partition coefficient (Wildman–Crippen LogP) is 1.81. The fourth-order valence-corrected chi connectivity index (χ4v) is 3.92. The van der Waals surface area contributed by atoms with E-state index in [-0.39, 0.29) is 0 Å².